The second-order valence-corrected chi connectivity index (χ2v) is 6.95. The maximum Gasteiger partial charge on any atom is 0.230 e. The Morgan fingerprint density at radius 3 is 2.70 bits per heavy atom. The van der Waals surface area contributed by atoms with E-state index in [1.165, 1.54) is 0 Å². The number of nitrogens with one attached hydrogen (secondary N) is 1. The normalized spacial score (nSPS) is 12.3. The van der Waals surface area contributed by atoms with Crippen molar-refractivity contribution in [2.24, 2.45) is 5.92 Å². The summed E-state index contributed by atoms with van der Waals surface area (Å²) in [6.07, 6.45) is 0. The van der Waals surface area contributed by atoms with Crippen molar-refractivity contribution in [3.8, 4) is 5.75 Å². The highest BCUT2D eigenvalue weighted by atomic mass is 79.9. The lowest BCUT2D eigenvalue weighted by atomic mass is 10.1. The first-order valence-electron chi connectivity index (χ1n) is 6.63. The highest BCUT2D eigenvalue weighted by Gasteiger charge is 2.11. The molecule has 20 heavy (non-hydrogen) atoms. The summed E-state index contributed by atoms with van der Waals surface area (Å²) in [4.78, 5) is 11.8. The van der Waals surface area contributed by atoms with Gasteiger partial charge in [-0.15, -0.1) is 11.8 Å². The van der Waals surface area contributed by atoms with Gasteiger partial charge in [-0.2, -0.15) is 0 Å². The van der Waals surface area contributed by atoms with Gasteiger partial charge in [0.15, 0.2) is 0 Å². The van der Waals surface area contributed by atoms with Crippen molar-refractivity contribution in [2.75, 3.05) is 12.9 Å². The molecule has 5 heteroatoms. The largest absolute Gasteiger partial charge is 0.496 e. The zero-order valence-electron chi connectivity index (χ0n) is 12.4. The minimum Gasteiger partial charge on any atom is -0.496 e. The molecule has 0 aliphatic heterocycles. The van der Waals surface area contributed by atoms with Crippen LogP contribution in [0, 0.1) is 5.92 Å². The summed E-state index contributed by atoms with van der Waals surface area (Å²) in [6, 6.07) is 6.12. The van der Waals surface area contributed by atoms with Crippen molar-refractivity contribution in [2.45, 2.75) is 32.6 Å². The number of amides is 1. The monoisotopic (exact) mass is 359 g/mol. The number of hydrogen-bond donors (Lipinski definition) is 1. The molecule has 1 aromatic rings. The van der Waals surface area contributed by atoms with Crippen molar-refractivity contribution in [1.82, 2.24) is 5.32 Å². The number of benzene rings is 1. The molecule has 1 N–H and O–H groups in total. The first-order valence-corrected chi connectivity index (χ1v) is 8.58. The zero-order chi connectivity index (χ0) is 15.1. The first-order chi connectivity index (χ1) is 9.43. The molecule has 0 aliphatic carbocycles. The molecule has 1 amide bonds. The third kappa shape index (κ3) is 5.75. The summed E-state index contributed by atoms with van der Waals surface area (Å²) in [5, 5.41) is 3.01. The first kappa shape index (κ1) is 17.4. The van der Waals surface area contributed by atoms with Gasteiger partial charge in [-0.1, -0.05) is 29.8 Å². The van der Waals surface area contributed by atoms with Crippen LogP contribution in [-0.2, 0) is 10.5 Å². The Morgan fingerprint density at radius 1 is 1.40 bits per heavy atom. The van der Waals surface area contributed by atoms with Gasteiger partial charge < -0.3 is 10.1 Å². The number of methoxy groups -OCH3 is 1. The number of ether oxygens (including phenoxy) is 1. The van der Waals surface area contributed by atoms with Gasteiger partial charge in [0, 0.05) is 21.8 Å². The number of hydrogen-bond acceptors (Lipinski definition) is 3. The third-order valence-corrected chi connectivity index (χ3v) is 4.60. The summed E-state index contributed by atoms with van der Waals surface area (Å²) < 4.78 is 6.34. The Kier molecular flexibility index (Phi) is 7.45. The maximum atomic E-state index is 11.8. The molecule has 1 atom stereocenters. The molecule has 0 radical (unpaired) electrons. The smallest absolute Gasteiger partial charge is 0.230 e. The van der Waals surface area contributed by atoms with Gasteiger partial charge in [0.05, 0.1) is 12.9 Å². The number of carbonyl (C=O) groups excluding carboxylic acids is 1. The lowest BCUT2D eigenvalue weighted by Crippen LogP contribution is -2.37. The Bertz CT molecular complexity index is 451. The van der Waals surface area contributed by atoms with Gasteiger partial charge in [-0.25, -0.2) is 0 Å². The molecule has 0 spiro atoms. The van der Waals surface area contributed by atoms with E-state index in [4.69, 9.17) is 4.74 Å². The molecule has 0 saturated carbocycles. The summed E-state index contributed by atoms with van der Waals surface area (Å²) in [6.45, 7) is 6.24. The molecule has 3 nitrogen and oxygen atoms in total. The van der Waals surface area contributed by atoms with Gasteiger partial charge in [-0.05, 0) is 31.0 Å². The predicted octanol–water partition coefficient (Wildman–Crippen LogP) is 3.85. The lowest BCUT2D eigenvalue weighted by molar-refractivity contribution is -0.119. The van der Waals surface area contributed by atoms with Gasteiger partial charge >= 0.3 is 0 Å². The fourth-order valence-corrected chi connectivity index (χ4v) is 2.80. The SMILES string of the molecule is COc1ccc(Br)cc1CSCC(=O)N[C@H](C)C(C)C. The summed E-state index contributed by atoms with van der Waals surface area (Å²) in [7, 11) is 1.66. The molecule has 1 rings (SSSR count). The molecule has 0 aliphatic rings. The van der Waals surface area contributed by atoms with Crippen LogP contribution in [0.1, 0.15) is 26.3 Å². The van der Waals surface area contributed by atoms with E-state index in [9.17, 15) is 4.79 Å². The topological polar surface area (TPSA) is 38.3 Å². The molecule has 0 aromatic heterocycles. The summed E-state index contributed by atoms with van der Waals surface area (Å²) in [5.41, 5.74) is 1.09. The van der Waals surface area contributed by atoms with Crippen molar-refractivity contribution >= 4 is 33.6 Å². The molecular weight excluding hydrogens is 338 g/mol. The van der Waals surface area contributed by atoms with E-state index in [2.05, 4.69) is 35.1 Å². The quantitative estimate of drug-likeness (QED) is 0.803. The standard InChI is InChI=1S/C15H22BrNO2S/c1-10(2)11(3)17-15(18)9-20-8-12-7-13(16)5-6-14(12)19-4/h5-7,10-11H,8-9H2,1-4H3,(H,17,18)/t11-/m1/s1. The number of thioether (sulfide) groups is 1. The minimum absolute atomic E-state index is 0.0881. The van der Waals surface area contributed by atoms with E-state index >= 15 is 0 Å². The Morgan fingerprint density at radius 2 is 2.10 bits per heavy atom. The average molecular weight is 360 g/mol. The molecule has 0 fully saturated rings. The Hall–Kier alpha value is -0.680. The number of rotatable bonds is 7. The second kappa shape index (κ2) is 8.57. The molecular formula is C15H22BrNO2S. The number of carbonyl (C=O) groups is 1. The van der Waals surface area contributed by atoms with E-state index in [1.54, 1.807) is 18.9 Å². The number of halogens is 1. The highest BCUT2D eigenvalue weighted by molar-refractivity contribution is 9.10. The lowest BCUT2D eigenvalue weighted by Gasteiger charge is -2.17. The van der Waals surface area contributed by atoms with E-state index in [-0.39, 0.29) is 11.9 Å². The van der Waals surface area contributed by atoms with Crippen molar-refractivity contribution in [3.63, 3.8) is 0 Å². The van der Waals surface area contributed by atoms with Crippen LogP contribution in [0.5, 0.6) is 5.75 Å². The third-order valence-electron chi connectivity index (χ3n) is 3.12. The minimum atomic E-state index is 0.0881. The predicted molar refractivity (Wildman–Crippen MR) is 89.3 cm³/mol. The van der Waals surface area contributed by atoms with Crippen LogP contribution in [0.4, 0.5) is 0 Å². The van der Waals surface area contributed by atoms with E-state index in [0.717, 1.165) is 21.5 Å². The summed E-state index contributed by atoms with van der Waals surface area (Å²) in [5.74, 6) is 2.62. The zero-order valence-corrected chi connectivity index (χ0v) is 14.8. The Labute approximate surface area is 134 Å². The van der Waals surface area contributed by atoms with Crippen LogP contribution >= 0.6 is 27.7 Å². The van der Waals surface area contributed by atoms with Crippen LogP contribution < -0.4 is 10.1 Å². The highest BCUT2D eigenvalue weighted by Crippen LogP contribution is 2.26. The van der Waals surface area contributed by atoms with Gasteiger partial charge in [0.2, 0.25) is 5.91 Å². The molecule has 0 bridgehead atoms. The van der Waals surface area contributed by atoms with Gasteiger partial charge in [0.25, 0.3) is 0 Å². The van der Waals surface area contributed by atoms with Crippen LogP contribution in [0.2, 0.25) is 0 Å². The van der Waals surface area contributed by atoms with E-state index in [1.807, 2.05) is 25.1 Å². The fraction of sp³-hybridized carbons (Fsp3) is 0.533. The van der Waals surface area contributed by atoms with Gasteiger partial charge in [-0.3, -0.25) is 4.79 Å². The average Bonchev–Trinajstić information content (AvgIpc) is 2.38. The van der Waals surface area contributed by atoms with Crippen LogP contribution in [0.3, 0.4) is 0 Å². The van der Waals surface area contributed by atoms with Crippen LogP contribution in [-0.4, -0.2) is 24.8 Å². The van der Waals surface area contributed by atoms with Crippen LogP contribution in [0.15, 0.2) is 22.7 Å². The van der Waals surface area contributed by atoms with E-state index < -0.39 is 0 Å². The van der Waals surface area contributed by atoms with Crippen LogP contribution in [0.25, 0.3) is 0 Å². The molecule has 0 saturated heterocycles. The van der Waals surface area contributed by atoms with Crippen molar-refractivity contribution in [1.29, 1.82) is 0 Å². The van der Waals surface area contributed by atoms with Gasteiger partial charge in [0.1, 0.15) is 5.75 Å². The molecule has 1 aromatic carbocycles. The summed E-state index contributed by atoms with van der Waals surface area (Å²) >= 11 is 5.04. The fourth-order valence-electron chi connectivity index (χ4n) is 1.58. The Balaban J connectivity index is 2.44. The van der Waals surface area contributed by atoms with Crippen molar-refractivity contribution in [3.05, 3.63) is 28.2 Å². The molecule has 0 unspecified atom stereocenters. The van der Waals surface area contributed by atoms with Crippen molar-refractivity contribution < 1.29 is 9.53 Å². The second-order valence-electron chi connectivity index (χ2n) is 5.05. The maximum absolute atomic E-state index is 11.8. The molecule has 112 valence electrons. The van der Waals surface area contributed by atoms with E-state index in [0.29, 0.717) is 11.7 Å². The molecule has 0 heterocycles.